The summed E-state index contributed by atoms with van der Waals surface area (Å²) in [4.78, 5) is 24.3. The van der Waals surface area contributed by atoms with E-state index in [9.17, 15) is 14.7 Å². The number of hydrogen-bond donors (Lipinski definition) is 1. The third-order valence-electron chi connectivity index (χ3n) is 4.97. The van der Waals surface area contributed by atoms with Crippen molar-refractivity contribution < 1.29 is 28.9 Å². The Morgan fingerprint density at radius 2 is 2.10 bits per heavy atom. The highest BCUT2D eigenvalue weighted by Gasteiger charge is 2.63. The first-order chi connectivity index (χ1) is 9.54. The summed E-state index contributed by atoms with van der Waals surface area (Å²) < 4.78 is 15.9. The fourth-order valence-electron chi connectivity index (χ4n) is 3.95. The molecule has 0 unspecified atom stereocenters. The number of esters is 1. The molecule has 3 heterocycles. The molecule has 5 rings (SSSR count). The van der Waals surface area contributed by atoms with Crippen LogP contribution in [0, 0.1) is 11.8 Å². The monoisotopic (exact) mass is 280 g/mol. The standard InChI is InChI=1S/C14H16O6/c1-4-5-3-6(14(17)18-2)11(19-4)8-7(5)9(15)12-13(20-12)10(8)16/h4-6,10-13,16H,3H2,1-2H3/t4-,5-,6+,10+,11-,12+,13-/m1/s1. The van der Waals surface area contributed by atoms with E-state index in [0.29, 0.717) is 17.6 Å². The van der Waals surface area contributed by atoms with E-state index < -0.39 is 30.3 Å². The Labute approximate surface area is 115 Å². The van der Waals surface area contributed by atoms with Crippen LogP contribution in [0.15, 0.2) is 11.1 Å². The van der Waals surface area contributed by atoms with Gasteiger partial charge in [-0.15, -0.1) is 0 Å². The number of carbonyl (C=O) groups excluding carboxylic acids is 2. The predicted molar refractivity (Wildman–Crippen MR) is 64.6 cm³/mol. The molecule has 3 aliphatic heterocycles. The lowest BCUT2D eigenvalue weighted by atomic mass is 9.65. The molecule has 108 valence electrons. The van der Waals surface area contributed by atoms with Gasteiger partial charge in [-0.3, -0.25) is 9.59 Å². The normalized spacial score (nSPS) is 48.8. The van der Waals surface area contributed by atoms with Crippen molar-refractivity contribution in [2.24, 2.45) is 11.8 Å². The number of ketones is 1. The Morgan fingerprint density at radius 3 is 2.80 bits per heavy atom. The topological polar surface area (TPSA) is 85.4 Å². The largest absolute Gasteiger partial charge is 0.469 e. The van der Waals surface area contributed by atoms with Crippen molar-refractivity contribution in [3.63, 3.8) is 0 Å². The van der Waals surface area contributed by atoms with E-state index in [2.05, 4.69) is 0 Å². The van der Waals surface area contributed by atoms with Gasteiger partial charge in [-0.05, 0) is 18.9 Å². The van der Waals surface area contributed by atoms with Gasteiger partial charge in [-0.25, -0.2) is 0 Å². The second-order valence-corrected chi connectivity index (χ2v) is 5.93. The smallest absolute Gasteiger partial charge is 0.311 e. The molecule has 0 aromatic carbocycles. The van der Waals surface area contributed by atoms with Crippen LogP contribution < -0.4 is 0 Å². The summed E-state index contributed by atoms with van der Waals surface area (Å²) in [6, 6.07) is 0. The summed E-state index contributed by atoms with van der Waals surface area (Å²) in [5.74, 6) is -0.996. The lowest BCUT2D eigenvalue weighted by molar-refractivity contribution is -0.166. The highest BCUT2D eigenvalue weighted by Crippen LogP contribution is 2.52. The Bertz CT molecular complexity index is 538. The number of Topliss-reactive ketones (excluding diaryl/α,β-unsaturated/α-hetero) is 1. The van der Waals surface area contributed by atoms with Gasteiger partial charge in [-0.1, -0.05) is 0 Å². The van der Waals surface area contributed by atoms with Crippen molar-refractivity contribution in [3.8, 4) is 0 Å². The summed E-state index contributed by atoms with van der Waals surface area (Å²) in [6.45, 7) is 1.90. The molecule has 0 aromatic rings. The highest BCUT2D eigenvalue weighted by atomic mass is 16.6. The van der Waals surface area contributed by atoms with Gasteiger partial charge in [0.25, 0.3) is 0 Å². The molecule has 0 aromatic heterocycles. The molecule has 1 N–H and O–H groups in total. The quantitative estimate of drug-likeness (QED) is 0.519. The lowest BCUT2D eigenvalue weighted by Gasteiger charge is -2.48. The second-order valence-electron chi connectivity index (χ2n) is 5.93. The van der Waals surface area contributed by atoms with E-state index in [1.165, 1.54) is 7.11 Å². The van der Waals surface area contributed by atoms with Crippen molar-refractivity contribution in [2.75, 3.05) is 7.11 Å². The van der Waals surface area contributed by atoms with Crippen LogP contribution in [-0.4, -0.2) is 54.5 Å². The number of aliphatic hydroxyl groups excluding tert-OH is 1. The zero-order valence-electron chi connectivity index (χ0n) is 11.2. The number of epoxide rings is 1. The average molecular weight is 280 g/mol. The zero-order valence-corrected chi connectivity index (χ0v) is 11.2. The molecule has 20 heavy (non-hydrogen) atoms. The molecule has 5 aliphatic rings. The molecular weight excluding hydrogens is 264 g/mol. The third kappa shape index (κ3) is 1.39. The summed E-state index contributed by atoms with van der Waals surface area (Å²) in [7, 11) is 1.34. The van der Waals surface area contributed by atoms with Crippen LogP contribution in [0.3, 0.4) is 0 Å². The van der Waals surface area contributed by atoms with Crippen LogP contribution in [-0.2, 0) is 23.8 Å². The number of aliphatic hydroxyl groups is 1. The lowest BCUT2D eigenvalue weighted by Crippen LogP contribution is -2.56. The van der Waals surface area contributed by atoms with Gasteiger partial charge in [0, 0.05) is 11.5 Å². The van der Waals surface area contributed by atoms with Crippen LogP contribution in [0.5, 0.6) is 0 Å². The average Bonchev–Trinajstić information content (AvgIpc) is 3.24. The molecule has 2 aliphatic carbocycles. The maximum Gasteiger partial charge on any atom is 0.311 e. The molecule has 6 heteroatoms. The van der Waals surface area contributed by atoms with E-state index in [1.807, 2.05) is 6.92 Å². The van der Waals surface area contributed by atoms with Gasteiger partial charge in [0.15, 0.2) is 5.78 Å². The van der Waals surface area contributed by atoms with Gasteiger partial charge in [0.1, 0.15) is 18.3 Å². The van der Waals surface area contributed by atoms with Gasteiger partial charge in [-0.2, -0.15) is 0 Å². The van der Waals surface area contributed by atoms with E-state index in [4.69, 9.17) is 14.2 Å². The molecule has 0 radical (unpaired) electrons. The molecule has 2 bridgehead atoms. The molecule has 6 nitrogen and oxygen atoms in total. The number of carbonyl (C=O) groups is 2. The third-order valence-corrected chi connectivity index (χ3v) is 4.97. The number of fused-ring (bicyclic) bond motifs is 3. The Hall–Kier alpha value is -1.24. The Kier molecular flexibility index (Phi) is 2.44. The number of rotatable bonds is 1. The van der Waals surface area contributed by atoms with Crippen molar-refractivity contribution in [1.29, 1.82) is 0 Å². The fraction of sp³-hybridized carbons (Fsp3) is 0.714. The van der Waals surface area contributed by atoms with E-state index in [-0.39, 0.29) is 23.8 Å². The van der Waals surface area contributed by atoms with Gasteiger partial charge in [0.05, 0.1) is 25.2 Å². The molecule has 2 saturated heterocycles. The first kappa shape index (κ1) is 12.5. The Morgan fingerprint density at radius 1 is 1.35 bits per heavy atom. The van der Waals surface area contributed by atoms with E-state index in [1.54, 1.807) is 0 Å². The number of ether oxygens (including phenoxy) is 3. The number of hydrogen-bond acceptors (Lipinski definition) is 6. The predicted octanol–water partition coefficient (Wildman–Crippen LogP) is -0.410. The van der Waals surface area contributed by atoms with Crippen LogP contribution in [0.2, 0.25) is 0 Å². The van der Waals surface area contributed by atoms with E-state index >= 15 is 0 Å². The van der Waals surface area contributed by atoms with Crippen LogP contribution in [0.25, 0.3) is 0 Å². The second kappa shape index (κ2) is 3.90. The maximum absolute atomic E-state index is 12.4. The Balaban J connectivity index is 1.81. The first-order valence-corrected chi connectivity index (χ1v) is 6.89. The molecule has 0 amide bonds. The van der Waals surface area contributed by atoms with E-state index in [0.717, 1.165) is 0 Å². The van der Waals surface area contributed by atoms with Crippen molar-refractivity contribution in [1.82, 2.24) is 0 Å². The maximum atomic E-state index is 12.4. The highest BCUT2D eigenvalue weighted by molar-refractivity contribution is 6.04. The number of methoxy groups -OCH3 is 1. The molecular formula is C14H16O6. The summed E-state index contributed by atoms with van der Waals surface area (Å²) in [6.07, 6.45) is -1.97. The SMILES string of the molecule is COC(=O)[C@H]1C[C@H]2C3=C([C@H](O)[C@H]4O[C@H]4C3=O)[C@@H]1O[C@@H]2C. The first-order valence-electron chi connectivity index (χ1n) is 6.89. The minimum Gasteiger partial charge on any atom is -0.469 e. The summed E-state index contributed by atoms with van der Waals surface area (Å²) in [5, 5.41) is 10.3. The van der Waals surface area contributed by atoms with Crippen LogP contribution in [0.4, 0.5) is 0 Å². The zero-order chi connectivity index (χ0) is 14.2. The van der Waals surface area contributed by atoms with Crippen LogP contribution >= 0.6 is 0 Å². The molecule has 0 saturated carbocycles. The van der Waals surface area contributed by atoms with Crippen LogP contribution in [0.1, 0.15) is 13.3 Å². The van der Waals surface area contributed by atoms with Gasteiger partial charge in [0.2, 0.25) is 0 Å². The summed E-state index contributed by atoms with van der Waals surface area (Å²) >= 11 is 0. The van der Waals surface area contributed by atoms with Crippen molar-refractivity contribution in [3.05, 3.63) is 11.1 Å². The minimum absolute atomic E-state index is 0.0382. The molecule has 2 fully saturated rings. The minimum atomic E-state index is -0.847. The summed E-state index contributed by atoms with van der Waals surface area (Å²) in [5.41, 5.74) is 1.19. The van der Waals surface area contributed by atoms with Gasteiger partial charge >= 0.3 is 5.97 Å². The fourth-order valence-corrected chi connectivity index (χ4v) is 3.95. The van der Waals surface area contributed by atoms with Gasteiger partial charge < -0.3 is 19.3 Å². The van der Waals surface area contributed by atoms with Crippen molar-refractivity contribution >= 4 is 11.8 Å². The molecule has 7 atom stereocenters. The molecule has 0 spiro atoms. The van der Waals surface area contributed by atoms with Crippen molar-refractivity contribution in [2.45, 2.75) is 43.9 Å².